The zero-order chi connectivity index (χ0) is 17.3. The average Bonchev–Trinajstić information content (AvgIpc) is 2.96. The summed E-state index contributed by atoms with van der Waals surface area (Å²) in [5.41, 5.74) is 0.747. The number of ketones is 1. The summed E-state index contributed by atoms with van der Waals surface area (Å²) in [5, 5.41) is 4.06. The monoisotopic (exact) mass is 315 g/mol. The maximum atomic E-state index is 12.7. The zero-order valence-corrected chi connectivity index (χ0v) is 14.7. The Morgan fingerprint density at radius 2 is 1.70 bits per heavy atom. The van der Waals surface area contributed by atoms with E-state index < -0.39 is 11.6 Å². The van der Waals surface area contributed by atoms with Gasteiger partial charge >= 0.3 is 0 Å². The molecule has 0 N–H and O–H groups in total. The van der Waals surface area contributed by atoms with E-state index in [-0.39, 0.29) is 11.2 Å². The third kappa shape index (κ3) is 4.18. The maximum Gasteiger partial charge on any atom is 0.252 e. The van der Waals surface area contributed by atoms with E-state index in [0.29, 0.717) is 5.75 Å². The van der Waals surface area contributed by atoms with Crippen LogP contribution in [0.5, 0.6) is 5.75 Å². The Morgan fingerprint density at radius 3 is 2.13 bits per heavy atom. The molecule has 0 amide bonds. The number of hydrogen-bond donors (Lipinski definition) is 0. The van der Waals surface area contributed by atoms with Crippen molar-refractivity contribution in [3.63, 3.8) is 0 Å². The van der Waals surface area contributed by atoms with Crippen molar-refractivity contribution >= 4 is 5.78 Å². The molecule has 1 heterocycles. The quantitative estimate of drug-likeness (QED) is 0.862. The molecule has 0 saturated carbocycles. The highest BCUT2D eigenvalue weighted by Crippen LogP contribution is 2.28. The molecule has 2 aromatic rings. The fraction of sp³-hybridized carbons (Fsp3) is 0.500. The lowest BCUT2D eigenvalue weighted by molar-refractivity contribution is -0.138. The van der Waals surface area contributed by atoms with Crippen molar-refractivity contribution < 1.29 is 9.53 Å². The summed E-state index contributed by atoms with van der Waals surface area (Å²) in [6, 6.07) is 7.82. The van der Waals surface area contributed by atoms with Gasteiger partial charge in [0.2, 0.25) is 5.78 Å². The molecule has 124 valence electrons. The van der Waals surface area contributed by atoms with Gasteiger partial charge in [-0.1, -0.05) is 53.7 Å². The van der Waals surface area contributed by atoms with Crippen molar-refractivity contribution in [3.05, 3.63) is 42.5 Å². The number of Topliss-reactive ketones (excluding diaryl/α,β-unsaturated/α-hetero) is 1. The molecule has 5 nitrogen and oxygen atoms in total. The van der Waals surface area contributed by atoms with Crippen LogP contribution in [-0.4, -0.2) is 20.5 Å². The van der Waals surface area contributed by atoms with Crippen LogP contribution in [-0.2, 0) is 10.2 Å². The molecule has 0 radical (unpaired) electrons. The van der Waals surface area contributed by atoms with E-state index in [1.54, 1.807) is 0 Å². The topological polar surface area (TPSA) is 57.0 Å². The molecule has 1 unspecified atom stereocenters. The van der Waals surface area contributed by atoms with Gasteiger partial charge in [0.05, 0.1) is 0 Å². The van der Waals surface area contributed by atoms with Crippen LogP contribution in [0.3, 0.4) is 0 Å². The first-order valence-corrected chi connectivity index (χ1v) is 7.74. The Morgan fingerprint density at radius 1 is 1.09 bits per heavy atom. The molecule has 0 aliphatic carbocycles. The van der Waals surface area contributed by atoms with Gasteiger partial charge in [0, 0.05) is 5.41 Å². The predicted octanol–water partition coefficient (Wildman–Crippen LogP) is 3.77. The van der Waals surface area contributed by atoms with E-state index in [1.165, 1.54) is 22.9 Å². The van der Waals surface area contributed by atoms with Crippen molar-refractivity contribution in [2.24, 2.45) is 5.41 Å². The van der Waals surface area contributed by atoms with Gasteiger partial charge in [-0.2, -0.15) is 5.10 Å². The third-order valence-corrected chi connectivity index (χ3v) is 3.61. The first-order valence-electron chi connectivity index (χ1n) is 7.74. The van der Waals surface area contributed by atoms with E-state index in [9.17, 15) is 4.79 Å². The molecule has 0 aliphatic heterocycles. The number of carbonyl (C=O) groups excluding carboxylic acids is 1. The van der Waals surface area contributed by atoms with Gasteiger partial charge in [-0.25, -0.2) is 9.67 Å². The smallest absolute Gasteiger partial charge is 0.252 e. The number of rotatable bonds is 4. The SMILES string of the molecule is CC(C)(C)C(=O)C(Oc1ccc(C(C)(C)C)cc1)n1cncn1. The van der Waals surface area contributed by atoms with Crippen LogP contribution in [0.2, 0.25) is 0 Å². The summed E-state index contributed by atoms with van der Waals surface area (Å²) in [4.78, 5) is 16.6. The molecule has 0 saturated heterocycles. The van der Waals surface area contributed by atoms with Gasteiger partial charge in [0.25, 0.3) is 6.23 Å². The van der Waals surface area contributed by atoms with Crippen LogP contribution in [0.1, 0.15) is 53.3 Å². The van der Waals surface area contributed by atoms with Crippen molar-refractivity contribution in [1.82, 2.24) is 14.8 Å². The Bertz CT molecular complexity index is 647. The number of aromatic nitrogens is 3. The van der Waals surface area contributed by atoms with E-state index in [0.717, 1.165) is 0 Å². The molecule has 23 heavy (non-hydrogen) atoms. The number of carbonyl (C=O) groups is 1. The second-order valence-corrected chi connectivity index (χ2v) is 7.73. The molecule has 1 aromatic carbocycles. The van der Waals surface area contributed by atoms with Gasteiger partial charge in [-0.05, 0) is 23.1 Å². The minimum atomic E-state index is -0.821. The highest BCUT2D eigenvalue weighted by molar-refractivity contribution is 5.86. The van der Waals surface area contributed by atoms with Gasteiger partial charge in [0.1, 0.15) is 18.4 Å². The number of benzene rings is 1. The fourth-order valence-corrected chi connectivity index (χ4v) is 2.10. The zero-order valence-electron chi connectivity index (χ0n) is 14.7. The van der Waals surface area contributed by atoms with E-state index >= 15 is 0 Å². The minimum absolute atomic E-state index is 0.0529. The maximum absolute atomic E-state index is 12.7. The van der Waals surface area contributed by atoms with Crippen molar-refractivity contribution in [1.29, 1.82) is 0 Å². The minimum Gasteiger partial charge on any atom is -0.461 e. The molecular formula is C18H25N3O2. The van der Waals surface area contributed by atoms with Crippen molar-refractivity contribution in [2.45, 2.75) is 53.2 Å². The van der Waals surface area contributed by atoms with Gasteiger partial charge in [-0.15, -0.1) is 0 Å². The van der Waals surface area contributed by atoms with Crippen LogP contribution in [0.15, 0.2) is 36.9 Å². The van der Waals surface area contributed by atoms with Crippen LogP contribution in [0.4, 0.5) is 0 Å². The molecule has 0 aliphatic rings. The molecular weight excluding hydrogens is 290 g/mol. The van der Waals surface area contributed by atoms with Gasteiger partial charge in [-0.3, -0.25) is 4.79 Å². The molecule has 0 fully saturated rings. The number of ether oxygens (including phenoxy) is 1. The summed E-state index contributed by atoms with van der Waals surface area (Å²) in [6.45, 7) is 12.1. The highest BCUT2D eigenvalue weighted by atomic mass is 16.5. The second kappa shape index (κ2) is 6.14. The Hall–Kier alpha value is -2.17. The lowest BCUT2D eigenvalue weighted by Gasteiger charge is -2.25. The van der Waals surface area contributed by atoms with E-state index in [4.69, 9.17) is 4.74 Å². The van der Waals surface area contributed by atoms with E-state index in [2.05, 4.69) is 30.9 Å². The summed E-state index contributed by atoms with van der Waals surface area (Å²) in [7, 11) is 0. The van der Waals surface area contributed by atoms with E-state index in [1.807, 2.05) is 45.0 Å². The summed E-state index contributed by atoms with van der Waals surface area (Å²) < 4.78 is 7.38. The number of hydrogen-bond acceptors (Lipinski definition) is 4. The summed E-state index contributed by atoms with van der Waals surface area (Å²) in [5.74, 6) is 0.582. The lowest BCUT2D eigenvalue weighted by atomic mass is 9.87. The van der Waals surface area contributed by atoms with Crippen LogP contribution < -0.4 is 4.74 Å². The Kier molecular flexibility index (Phi) is 4.59. The normalized spacial score (nSPS) is 13.7. The van der Waals surface area contributed by atoms with Crippen molar-refractivity contribution in [2.75, 3.05) is 0 Å². The average molecular weight is 315 g/mol. The Labute approximate surface area is 137 Å². The molecule has 1 aromatic heterocycles. The third-order valence-electron chi connectivity index (χ3n) is 3.61. The Balaban J connectivity index is 2.27. The van der Waals surface area contributed by atoms with Gasteiger partial charge < -0.3 is 4.74 Å². The lowest BCUT2D eigenvalue weighted by Crippen LogP contribution is -2.34. The largest absolute Gasteiger partial charge is 0.461 e. The first-order chi connectivity index (χ1) is 10.6. The first kappa shape index (κ1) is 17.2. The van der Waals surface area contributed by atoms with Crippen LogP contribution >= 0.6 is 0 Å². The standard InChI is InChI=1S/C18H25N3O2/c1-17(2,3)13-7-9-14(10-8-13)23-16(15(22)18(4,5)6)21-12-19-11-20-21/h7-12,16H,1-6H3. The van der Waals surface area contributed by atoms with Gasteiger partial charge in [0.15, 0.2) is 0 Å². The fourth-order valence-electron chi connectivity index (χ4n) is 2.10. The van der Waals surface area contributed by atoms with Crippen LogP contribution in [0, 0.1) is 5.41 Å². The second-order valence-electron chi connectivity index (χ2n) is 7.73. The molecule has 1 atom stereocenters. The van der Waals surface area contributed by atoms with Crippen molar-refractivity contribution in [3.8, 4) is 5.75 Å². The molecule has 5 heteroatoms. The number of nitrogens with zero attached hydrogens (tertiary/aromatic N) is 3. The molecule has 0 bridgehead atoms. The highest BCUT2D eigenvalue weighted by Gasteiger charge is 2.33. The predicted molar refractivity (Wildman–Crippen MR) is 89.3 cm³/mol. The van der Waals surface area contributed by atoms with Crippen LogP contribution in [0.25, 0.3) is 0 Å². The molecule has 2 rings (SSSR count). The summed E-state index contributed by atoms with van der Waals surface area (Å²) >= 11 is 0. The molecule has 0 spiro atoms. The summed E-state index contributed by atoms with van der Waals surface area (Å²) in [6.07, 6.45) is 2.07.